The first-order valence-corrected chi connectivity index (χ1v) is 9.81. The quantitative estimate of drug-likeness (QED) is 0.716. The van der Waals surface area contributed by atoms with Crippen LogP contribution in [0, 0.1) is 0 Å². The Morgan fingerprint density at radius 2 is 1.67 bits per heavy atom. The van der Waals surface area contributed by atoms with Crippen LogP contribution in [-0.4, -0.2) is 68.4 Å². The van der Waals surface area contributed by atoms with E-state index in [2.05, 4.69) is 28.0 Å². The third-order valence-electron chi connectivity index (χ3n) is 5.05. The van der Waals surface area contributed by atoms with Crippen molar-refractivity contribution in [2.24, 2.45) is 0 Å². The first kappa shape index (κ1) is 18.3. The molecule has 144 valence electrons. The summed E-state index contributed by atoms with van der Waals surface area (Å²) >= 11 is 0. The van der Waals surface area contributed by atoms with Crippen molar-refractivity contribution >= 4 is 0 Å². The summed E-state index contributed by atoms with van der Waals surface area (Å²) < 4.78 is 17.3. The SMILES string of the molecule is c1ccc(OC2CN(Cc3cccc(OCCN4CCOCC4)c3)C2)cc1. The summed E-state index contributed by atoms with van der Waals surface area (Å²) in [6.45, 7) is 8.23. The molecule has 2 aliphatic rings. The van der Waals surface area contributed by atoms with Gasteiger partial charge in [-0.15, -0.1) is 0 Å². The van der Waals surface area contributed by atoms with Crippen LogP contribution in [0.2, 0.25) is 0 Å². The molecule has 0 amide bonds. The van der Waals surface area contributed by atoms with E-state index in [0.717, 1.165) is 70.6 Å². The number of rotatable bonds is 8. The van der Waals surface area contributed by atoms with Crippen LogP contribution in [0.25, 0.3) is 0 Å². The van der Waals surface area contributed by atoms with Gasteiger partial charge in [-0.05, 0) is 29.8 Å². The molecule has 2 aliphatic heterocycles. The fourth-order valence-corrected chi connectivity index (χ4v) is 3.53. The second-order valence-corrected chi connectivity index (χ2v) is 7.20. The lowest BCUT2D eigenvalue weighted by atomic mass is 10.1. The zero-order chi connectivity index (χ0) is 18.3. The second-order valence-electron chi connectivity index (χ2n) is 7.20. The van der Waals surface area contributed by atoms with Gasteiger partial charge in [0.25, 0.3) is 0 Å². The van der Waals surface area contributed by atoms with Gasteiger partial charge in [0, 0.05) is 39.3 Å². The van der Waals surface area contributed by atoms with Crippen LogP contribution in [0.1, 0.15) is 5.56 Å². The minimum absolute atomic E-state index is 0.292. The molecule has 0 spiro atoms. The Kier molecular flexibility index (Phi) is 6.25. The molecule has 0 atom stereocenters. The van der Waals surface area contributed by atoms with Crippen molar-refractivity contribution < 1.29 is 14.2 Å². The Morgan fingerprint density at radius 3 is 2.48 bits per heavy atom. The number of ether oxygens (including phenoxy) is 3. The van der Waals surface area contributed by atoms with E-state index in [1.54, 1.807) is 0 Å². The number of nitrogens with zero attached hydrogens (tertiary/aromatic N) is 2. The van der Waals surface area contributed by atoms with Gasteiger partial charge in [-0.2, -0.15) is 0 Å². The van der Waals surface area contributed by atoms with Gasteiger partial charge in [0.1, 0.15) is 24.2 Å². The fraction of sp³-hybridized carbons (Fsp3) is 0.455. The average Bonchev–Trinajstić information content (AvgIpc) is 2.68. The molecule has 27 heavy (non-hydrogen) atoms. The highest BCUT2D eigenvalue weighted by Gasteiger charge is 2.28. The van der Waals surface area contributed by atoms with Crippen LogP contribution in [0.4, 0.5) is 0 Å². The topological polar surface area (TPSA) is 34.2 Å². The van der Waals surface area contributed by atoms with Crippen molar-refractivity contribution in [3.8, 4) is 11.5 Å². The Morgan fingerprint density at radius 1 is 0.889 bits per heavy atom. The van der Waals surface area contributed by atoms with E-state index >= 15 is 0 Å². The molecule has 0 saturated carbocycles. The van der Waals surface area contributed by atoms with Crippen LogP contribution < -0.4 is 9.47 Å². The second kappa shape index (κ2) is 9.22. The van der Waals surface area contributed by atoms with Crippen LogP contribution in [-0.2, 0) is 11.3 Å². The van der Waals surface area contributed by atoms with E-state index in [0.29, 0.717) is 6.10 Å². The summed E-state index contributed by atoms with van der Waals surface area (Å²) in [6, 6.07) is 18.5. The molecule has 5 nitrogen and oxygen atoms in total. The summed E-state index contributed by atoms with van der Waals surface area (Å²) in [6.07, 6.45) is 0.292. The zero-order valence-electron chi connectivity index (χ0n) is 15.8. The Balaban J connectivity index is 1.18. The van der Waals surface area contributed by atoms with Gasteiger partial charge in [-0.3, -0.25) is 9.80 Å². The summed E-state index contributed by atoms with van der Waals surface area (Å²) in [5.41, 5.74) is 1.29. The summed E-state index contributed by atoms with van der Waals surface area (Å²) in [4.78, 5) is 4.79. The van der Waals surface area contributed by atoms with Crippen molar-refractivity contribution in [1.29, 1.82) is 0 Å². The molecule has 2 aromatic carbocycles. The molecule has 2 fully saturated rings. The molecule has 5 heteroatoms. The van der Waals surface area contributed by atoms with Gasteiger partial charge in [0.2, 0.25) is 0 Å². The Bertz CT molecular complexity index is 698. The maximum Gasteiger partial charge on any atom is 0.124 e. The minimum atomic E-state index is 0.292. The number of hydrogen-bond donors (Lipinski definition) is 0. The number of likely N-dealkylation sites (tertiary alicyclic amines) is 1. The van der Waals surface area contributed by atoms with Gasteiger partial charge in [0.15, 0.2) is 0 Å². The number of hydrogen-bond acceptors (Lipinski definition) is 5. The summed E-state index contributed by atoms with van der Waals surface area (Å²) in [5.74, 6) is 1.91. The van der Waals surface area contributed by atoms with Crippen LogP contribution >= 0.6 is 0 Å². The standard InChI is InChI=1S/C22H28N2O3/c1-2-6-20(7-3-1)27-22-17-24(18-22)16-19-5-4-8-21(15-19)26-14-11-23-9-12-25-13-10-23/h1-8,15,22H,9-14,16-18H2. The predicted octanol–water partition coefficient (Wildman–Crippen LogP) is 2.66. The van der Waals surface area contributed by atoms with Gasteiger partial charge in [-0.25, -0.2) is 0 Å². The van der Waals surface area contributed by atoms with Gasteiger partial charge >= 0.3 is 0 Å². The van der Waals surface area contributed by atoms with E-state index in [9.17, 15) is 0 Å². The molecular formula is C22H28N2O3. The maximum absolute atomic E-state index is 5.97. The zero-order valence-corrected chi connectivity index (χ0v) is 15.8. The van der Waals surface area contributed by atoms with Crippen LogP contribution in [0.3, 0.4) is 0 Å². The number of para-hydroxylation sites is 1. The fourth-order valence-electron chi connectivity index (χ4n) is 3.53. The monoisotopic (exact) mass is 368 g/mol. The normalized spacial score (nSPS) is 18.8. The smallest absolute Gasteiger partial charge is 0.124 e. The Hall–Kier alpha value is -2.08. The van der Waals surface area contributed by atoms with Crippen molar-refractivity contribution in [3.63, 3.8) is 0 Å². The summed E-state index contributed by atoms with van der Waals surface area (Å²) in [7, 11) is 0. The highest BCUT2D eigenvalue weighted by Crippen LogP contribution is 2.21. The van der Waals surface area contributed by atoms with Crippen molar-refractivity contribution in [2.75, 3.05) is 52.5 Å². The number of morpholine rings is 1. The van der Waals surface area contributed by atoms with Gasteiger partial charge in [-0.1, -0.05) is 30.3 Å². The third-order valence-corrected chi connectivity index (χ3v) is 5.05. The van der Waals surface area contributed by atoms with Crippen molar-refractivity contribution in [1.82, 2.24) is 9.80 Å². The minimum Gasteiger partial charge on any atom is -0.492 e. The predicted molar refractivity (Wildman–Crippen MR) is 105 cm³/mol. The highest BCUT2D eigenvalue weighted by molar-refractivity contribution is 5.29. The van der Waals surface area contributed by atoms with Crippen LogP contribution in [0.15, 0.2) is 54.6 Å². The molecule has 2 aromatic rings. The lowest BCUT2D eigenvalue weighted by Gasteiger charge is -2.39. The van der Waals surface area contributed by atoms with Crippen molar-refractivity contribution in [3.05, 3.63) is 60.2 Å². The van der Waals surface area contributed by atoms with Gasteiger partial charge < -0.3 is 14.2 Å². The highest BCUT2D eigenvalue weighted by atomic mass is 16.5. The molecule has 2 saturated heterocycles. The molecule has 0 aromatic heterocycles. The van der Waals surface area contributed by atoms with E-state index in [1.807, 2.05) is 36.4 Å². The van der Waals surface area contributed by atoms with E-state index < -0.39 is 0 Å². The largest absolute Gasteiger partial charge is 0.492 e. The number of benzene rings is 2. The summed E-state index contributed by atoms with van der Waals surface area (Å²) in [5, 5.41) is 0. The Labute approximate surface area is 161 Å². The molecule has 4 rings (SSSR count). The average molecular weight is 368 g/mol. The third kappa shape index (κ3) is 5.45. The molecule has 0 unspecified atom stereocenters. The first-order valence-electron chi connectivity index (χ1n) is 9.81. The van der Waals surface area contributed by atoms with Crippen LogP contribution in [0.5, 0.6) is 11.5 Å². The molecular weight excluding hydrogens is 340 g/mol. The van der Waals surface area contributed by atoms with Gasteiger partial charge in [0.05, 0.1) is 13.2 Å². The molecule has 0 radical (unpaired) electrons. The molecule has 0 aliphatic carbocycles. The molecule has 2 heterocycles. The first-order chi connectivity index (χ1) is 13.3. The van der Waals surface area contributed by atoms with E-state index in [-0.39, 0.29) is 0 Å². The van der Waals surface area contributed by atoms with Crippen molar-refractivity contribution in [2.45, 2.75) is 12.6 Å². The maximum atomic E-state index is 5.97. The van der Waals surface area contributed by atoms with E-state index in [4.69, 9.17) is 14.2 Å². The molecule has 0 N–H and O–H groups in total. The molecule has 0 bridgehead atoms. The lowest BCUT2D eigenvalue weighted by Crippen LogP contribution is -2.53. The lowest BCUT2D eigenvalue weighted by molar-refractivity contribution is 0.0145. The van der Waals surface area contributed by atoms with E-state index in [1.165, 1.54) is 5.56 Å².